The Hall–Kier alpha value is -3.49. The van der Waals surface area contributed by atoms with E-state index in [-0.39, 0.29) is 23.3 Å². The number of likely N-dealkylation sites (N-methyl/N-ethyl adjacent to an activating group) is 1. The maximum atomic E-state index is 13.9. The van der Waals surface area contributed by atoms with E-state index in [9.17, 15) is 18.0 Å². The van der Waals surface area contributed by atoms with Crippen molar-refractivity contribution in [3.63, 3.8) is 0 Å². The molecule has 0 radical (unpaired) electrons. The van der Waals surface area contributed by atoms with Gasteiger partial charge >= 0.3 is 0 Å². The standard InChI is InChI=1S/C31H39N3O4S/c1-23(2)20-32-31(36)29(19-26-12-7-6-8-13-26)34(21-27-14-10-9-11-25(27)4)30(35)22-33(5)39(37,38)28-17-15-24(3)16-18-28/h6-18,23,29H,19-22H2,1-5H3,(H,32,36)/t29-/m1/s1. The van der Waals surface area contributed by atoms with Crippen LogP contribution in [0.4, 0.5) is 0 Å². The maximum absolute atomic E-state index is 13.9. The molecule has 7 nitrogen and oxygen atoms in total. The fraction of sp³-hybridized carbons (Fsp3) is 0.355. The van der Waals surface area contributed by atoms with Crippen molar-refractivity contribution in [1.82, 2.24) is 14.5 Å². The monoisotopic (exact) mass is 549 g/mol. The Labute approximate surface area is 232 Å². The fourth-order valence-corrected chi connectivity index (χ4v) is 5.32. The lowest BCUT2D eigenvalue weighted by Crippen LogP contribution is -2.53. The summed E-state index contributed by atoms with van der Waals surface area (Å²) in [4.78, 5) is 29.1. The van der Waals surface area contributed by atoms with Crippen LogP contribution in [0.25, 0.3) is 0 Å². The second-order valence-electron chi connectivity index (χ2n) is 10.4. The van der Waals surface area contributed by atoms with Crippen LogP contribution in [0.2, 0.25) is 0 Å². The van der Waals surface area contributed by atoms with Crippen LogP contribution < -0.4 is 5.32 Å². The van der Waals surface area contributed by atoms with Gasteiger partial charge in [0, 0.05) is 26.6 Å². The number of hydrogen-bond acceptors (Lipinski definition) is 4. The third kappa shape index (κ3) is 8.25. The fourth-order valence-electron chi connectivity index (χ4n) is 4.20. The summed E-state index contributed by atoms with van der Waals surface area (Å²) in [6.07, 6.45) is 0.302. The van der Waals surface area contributed by atoms with Crippen LogP contribution in [0, 0.1) is 19.8 Å². The summed E-state index contributed by atoms with van der Waals surface area (Å²) >= 11 is 0. The Bertz CT molecular complexity index is 1360. The van der Waals surface area contributed by atoms with Crippen LogP contribution in [0.5, 0.6) is 0 Å². The summed E-state index contributed by atoms with van der Waals surface area (Å²) in [6.45, 7) is 8.10. The second kappa shape index (κ2) is 13.5. The minimum atomic E-state index is -3.91. The smallest absolute Gasteiger partial charge is 0.243 e. The van der Waals surface area contributed by atoms with Gasteiger partial charge in [0.05, 0.1) is 11.4 Å². The van der Waals surface area contributed by atoms with Gasteiger partial charge in [-0.25, -0.2) is 8.42 Å². The highest BCUT2D eigenvalue weighted by Crippen LogP contribution is 2.20. The number of rotatable bonds is 12. The van der Waals surface area contributed by atoms with Gasteiger partial charge in [0.25, 0.3) is 0 Å². The topological polar surface area (TPSA) is 86.8 Å². The van der Waals surface area contributed by atoms with E-state index in [1.54, 1.807) is 12.1 Å². The number of hydrogen-bond donors (Lipinski definition) is 1. The third-order valence-corrected chi connectivity index (χ3v) is 8.46. The first-order chi connectivity index (χ1) is 18.5. The van der Waals surface area contributed by atoms with Crippen molar-refractivity contribution in [2.24, 2.45) is 5.92 Å². The molecule has 0 aliphatic carbocycles. The summed E-state index contributed by atoms with van der Waals surface area (Å²) in [6, 6.07) is 22.9. The van der Waals surface area contributed by atoms with E-state index in [1.165, 1.54) is 24.1 Å². The maximum Gasteiger partial charge on any atom is 0.243 e. The van der Waals surface area contributed by atoms with Gasteiger partial charge in [-0.15, -0.1) is 0 Å². The predicted molar refractivity (Wildman–Crippen MR) is 155 cm³/mol. The zero-order valence-electron chi connectivity index (χ0n) is 23.4. The number of aryl methyl sites for hydroxylation is 2. The van der Waals surface area contributed by atoms with Crippen molar-refractivity contribution in [2.45, 2.75) is 51.6 Å². The number of carbonyl (C=O) groups excluding carboxylic acids is 2. The van der Waals surface area contributed by atoms with Gasteiger partial charge in [-0.2, -0.15) is 4.31 Å². The van der Waals surface area contributed by atoms with Crippen LogP contribution in [-0.4, -0.2) is 55.6 Å². The SMILES string of the molecule is Cc1ccc(S(=O)(=O)N(C)CC(=O)N(Cc2ccccc2C)[C@H](Cc2ccccc2)C(=O)NCC(C)C)cc1. The molecule has 3 rings (SSSR count). The van der Waals surface area contributed by atoms with Gasteiger partial charge in [0.1, 0.15) is 6.04 Å². The van der Waals surface area contributed by atoms with Crippen molar-refractivity contribution < 1.29 is 18.0 Å². The molecule has 0 aliphatic heterocycles. The number of benzene rings is 3. The van der Waals surface area contributed by atoms with Crippen molar-refractivity contribution >= 4 is 21.8 Å². The molecule has 2 amide bonds. The molecule has 0 aliphatic rings. The molecule has 0 heterocycles. The van der Waals surface area contributed by atoms with E-state index in [0.29, 0.717) is 13.0 Å². The zero-order chi connectivity index (χ0) is 28.6. The average molecular weight is 550 g/mol. The summed E-state index contributed by atoms with van der Waals surface area (Å²) in [5.41, 5.74) is 3.72. The predicted octanol–water partition coefficient (Wildman–Crippen LogP) is 4.34. The van der Waals surface area contributed by atoms with Crippen molar-refractivity contribution in [3.05, 3.63) is 101 Å². The van der Waals surface area contributed by atoms with Crippen LogP contribution in [0.15, 0.2) is 83.8 Å². The molecule has 8 heteroatoms. The number of carbonyl (C=O) groups is 2. The van der Waals surface area contributed by atoms with Gasteiger partial charge in [0.2, 0.25) is 21.8 Å². The van der Waals surface area contributed by atoms with E-state index in [4.69, 9.17) is 0 Å². The van der Waals surface area contributed by atoms with E-state index in [2.05, 4.69) is 5.32 Å². The van der Waals surface area contributed by atoms with Gasteiger partial charge in [-0.3, -0.25) is 9.59 Å². The van der Waals surface area contributed by atoms with Crippen molar-refractivity contribution in [1.29, 1.82) is 0 Å². The molecule has 208 valence electrons. The minimum Gasteiger partial charge on any atom is -0.354 e. The van der Waals surface area contributed by atoms with Crippen LogP contribution in [0.3, 0.4) is 0 Å². The first-order valence-electron chi connectivity index (χ1n) is 13.2. The van der Waals surface area contributed by atoms with Gasteiger partial charge in [-0.1, -0.05) is 86.1 Å². The molecule has 0 saturated carbocycles. The molecule has 0 bridgehead atoms. The molecule has 1 N–H and O–H groups in total. The van der Waals surface area contributed by atoms with Gasteiger partial charge in [0.15, 0.2) is 0 Å². The van der Waals surface area contributed by atoms with Crippen molar-refractivity contribution in [2.75, 3.05) is 20.1 Å². The summed E-state index contributed by atoms with van der Waals surface area (Å²) < 4.78 is 27.6. The molecular weight excluding hydrogens is 510 g/mol. The molecule has 3 aromatic rings. The van der Waals surface area contributed by atoms with Gasteiger partial charge in [-0.05, 0) is 48.6 Å². The van der Waals surface area contributed by atoms with Crippen LogP contribution in [-0.2, 0) is 32.6 Å². The lowest BCUT2D eigenvalue weighted by molar-refractivity contribution is -0.141. The Morgan fingerprint density at radius 1 is 0.872 bits per heavy atom. The van der Waals surface area contributed by atoms with Crippen LogP contribution >= 0.6 is 0 Å². The number of nitrogens with zero attached hydrogens (tertiary/aromatic N) is 2. The quantitative estimate of drug-likeness (QED) is 0.364. The Balaban J connectivity index is 1.97. The second-order valence-corrected chi connectivity index (χ2v) is 12.4. The summed E-state index contributed by atoms with van der Waals surface area (Å²) in [7, 11) is -2.51. The summed E-state index contributed by atoms with van der Waals surface area (Å²) in [5, 5.41) is 2.99. The Kier molecular flexibility index (Phi) is 10.4. The number of nitrogens with one attached hydrogen (secondary N) is 1. The molecule has 3 aromatic carbocycles. The molecule has 0 aromatic heterocycles. The highest BCUT2D eigenvalue weighted by Gasteiger charge is 2.33. The average Bonchev–Trinajstić information content (AvgIpc) is 2.91. The minimum absolute atomic E-state index is 0.115. The molecule has 1 atom stereocenters. The molecule has 0 saturated heterocycles. The lowest BCUT2D eigenvalue weighted by atomic mass is 10.0. The summed E-state index contributed by atoms with van der Waals surface area (Å²) in [5.74, 6) is -0.478. The molecular formula is C31H39N3O4S. The van der Waals surface area contributed by atoms with E-state index in [0.717, 1.165) is 26.6 Å². The highest BCUT2D eigenvalue weighted by atomic mass is 32.2. The first-order valence-corrected chi connectivity index (χ1v) is 14.6. The molecule has 0 spiro atoms. The zero-order valence-corrected chi connectivity index (χ0v) is 24.2. The van der Waals surface area contributed by atoms with Crippen molar-refractivity contribution in [3.8, 4) is 0 Å². The van der Waals surface area contributed by atoms with Crippen LogP contribution in [0.1, 0.15) is 36.1 Å². The normalized spacial score (nSPS) is 12.4. The lowest BCUT2D eigenvalue weighted by Gasteiger charge is -2.33. The highest BCUT2D eigenvalue weighted by molar-refractivity contribution is 7.89. The Morgan fingerprint density at radius 3 is 2.10 bits per heavy atom. The largest absolute Gasteiger partial charge is 0.354 e. The molecule has 0 unspecified atom stereocenters. The van der Waals surface area contributed by atoms with E-state index < -0.39 is 28.5 Å². The molecule has 39 heavy (non-hydrogen) atoms. The number of sulfonamides is 1. The van der Waals surface area contributed by atoms with E-state index >= 15 is 0 Å². The number of amides is 2. The molecule has 0 fully saturated rings. The first kappa shape index (κ1) is 30.1. The Morgan fingerprint density at radius 2 is 1.49 bits per heavy atom. The van der Waals surface area contributed by atoms with E-state index in [1.807, 2.05) is 82.3 Å². The third-order valence-electron chi connectivity index (χ3n) is 6.64. The van der Waals surface area contributed by atoms with Gasteiger partial charge < -0.3 is 10.2 Å².